The van der Waals surface area contributed by atoms with Gasteiger partial charge in [0.05, 0.1) is 6.10 Å². The third-order valence-corrected chi connectivity index (χ3v) is 2.13. The standard InChI is InChI=1S/C10H22O4/c1-6-8(2)14-10(13-5)7-9(11-3)12-4/h8-10H,6-7H2,1-5H3. The Morgan fingerprint density at radius 3 is 1.79 bits per heavy atom. The Kier molecular flexibility index (Phi) is 8.08. The predicted molar refractivity (Wildman–Crippen MR) is 54.1 cm³/mol. The lowest BCUT2D eigenvalue weighted by Crippen LogP contribution is -2.28. The molecule has 0 bridgehead atoms. The van der Waals surface area contributed by atoms with Gasteiger partial charge in [0.15, 0.2) is 12.6 Å². The number of rotatable bonds is 8. The first-order valence-corrected chi connectivity index (χ1v) is 4.91. The van der Waals surface area contributed by atoms with Crippen LogP contribution in [0.4, 0.5) is 0 Å². The molecule has 0 amide bonds. The molecule has 4 nitrogen and oxygen atoms in total. The van der Waals surface area contributed by atoms with E-state index in [0.717, 1.165) is 6.42 Å². The molecule has 0 aliphatic carbocycles. The van der Waals surface area contributed by atoms with Crippen molar-refractivity contribution in [3.8, 4) is 0 Å². The van der Waals surface area contributed by atoms with Crippen LogP contribution in [-0.2, 0) is 18.9 Å². The summed E-state index contributed by atoms with van der Waals surface area (Å²) in [7, 11) is 4.82. The molecule has 2 unspecified atom stereocenters. The van der Waals surface area contributed by atoms with Crippen molar-refractivity contribution in [2.75, 3.05) is 21.3 Å². The first-order chi connectivity index (χ1) is 6.67. The van der Waals surface area contributed by atoms with E-state index in [9.17, 15) is 0 Å². The monoisotopic (exact) mass is 206 g/mol. The maximum absolute atomic E-state index is 5.60. The van der Waals surface area contributed by atoms with E-state index < -0.39 is 0 Å². The molecule has 0 heterocycles. The van der Waals surface area contributed by atoms with Gasteiger partial charge in [0.25, 0.3) is 0 Å². The largest absolute Gasteiger partial charge is 0.356 e. The van der Waals surface area contributed by atoms with Crippen molar-refractivity contribution in [3.63, 3.8) is 0 Å². The second-order valence-corrected chi connectivity index (χ2v) is 3.16. The van der Waals surface area contributed by atoms with E-state index in [1.54, 1.807) is 21.3 Å². The van der Waals surface area contributed by atoms with Gasteiger partial charge in [-0.1, -0.05) is 6.92 Å². The van der Waals surface area contributed by atoms with E-state index in [1.165, 1.54) is 0 Å². The molecule has 0 aromatic heterocycles. The topological polar surface area (TPSA) is 36.9 Å². The van der Waals surface area contributed by atoms with Gasteiger partial charge in [-0.25, -0.2) is 0 Å². The van der Waals surface area contributed by atoms with Gasteiger partial charge in [0, 0.05) is 27.8 Å². The normalized spacial score (nSPS) is 15.9. The van der Waals surface area contributed by atoms with E-state index in [-0.39, 0.29) is 18.7 Å². The second kappa shape index (κ2) is 8.17. The van der Waals surface area contributed by atoms with E-state index in [1.807, 2.05) is 6.92 Å². The highest BCUT2D eigenvalue weighted by molar-refractivity contribution is 4.53. The van der Waals surface area contributed by atoms with Crippen LogP contribution >= 0.6 is 0 Å². The Hall–Kier alpha value is -0.160. The SMILES string of the molecule is CCC(C)OC(CC(OC)OC)OC. The van der Waals surface area contributed by atoms with Gasteiger partial charge >= 0.3 is 0 Å². The zero-order valence-electron chi connectivity index (χ0n) is 9.78. The first-order valence-electron chi connectivity index (χ1n) is 4.91. The number of hydrogen-bond donors (Lipinski definition) is 0. The average Bonchev–Trinajstić information content (AvgIpc) is 2.23. The van der Waals surface area contributed by atoms with Gasteiger partial charge in [-0.3, -0.25) is 0 Å². The summed E-state index contributed by atoms with van der Waals surface area (Å²) >= 11 is 0. The molecule has 0 aliphatic heterocycles. The summed E-state index contributed by atoms with van der Waals surface area (Å²) in [5.74, 6) is 0. The second-order valence-electron chi connectivity index (χ2n) is 3.16. The molecule has 0 fully saturated rings. The molecule has 0 saturated heterocycles. The molecule has 0 N–H and O–H groups in total. The van der Waals surface area contributed by atoms with Crippen LogP contribution in [0.2, 0.25) is 0 Å². The quantitative estimate of drug-likeness (QED) is 0.567. The Morgan fingerprint density at radius 2 is 1.43 bits per heavy atom. The predicted octanol–water partition coefficient (Wildman–Crippen LogP) is 1.78. The number of ether oxygens (including phenoxy) is 4. The molecule has 0 aromatic rings. The molecule has 0 saturated carbocycles. The fourth-order valence-electron chi connectivity index (χ4n) is 1.01. The lowest BCUT2D eigenvalue weighted by molar-refractivity contribution is -0.203. The third-order valence-electron chi connectivity index (χ3n) is 2.13. The van der Waals surface area contributed by atoms with Crippen LogP contribution in [0.15, 0.2) is 0 Å². The van der Waals surface area contributed by atoms with Crippen molar-refractivity contribution >= 4 is 0 Å². The van der Waals surface area contributed by atoms with Crippen molar-refractivity contribution in [1.29, 1.82) is 0 Å². The first kappa shape index (κ1) is 13.8. The molecule has 0 rings (SSSR count). The molecule has 0 aliphatic rings. The Labute approximate surface area is 86.5 Å². The fraction of sp³-hybridized carbons (Fsp3) is 1.00. The van der Waals surface area contributed by atoms with Crippen LogP contribution in [0, 0.1) is 0 Å². The lowest BCUT2D eigenvalue weighted by atomic mass is 10.3. The highest BCUT2D eigenvalue weighted by Crippen LogP contribution is 2.11. The zero-order chi connectivity index (χ0) is 11.0. The average molecular weight is 206 g/mol. The van der Waals surface area contributed by atoms with E-state index in [2.05, 4.69) is 6.92 Å². The smallest absolute Gasteiger partial charge is 0.162 e. The highest BCUT2D eigenvalue weighted by atomic mass is 16.7. The van der Waals surface area contributed by atoms with Crippen LogP contribution in [0.3, 0.4) is 0 Å². The molecule has 14 heavy (non-hydrogen) atoms. The highest BCUT2D eigenvalue weighted by Gasteiger charge is 2.17. The van der Waals surface area contributed by atoms with Crippen molar-refractivity contribution < 1.29 is 18.9 Å². The van der Waals surface area contributed by atoms with Crippen LogP contribution in [0.5, 0.6) is 0 Å². The summed E-state index contributed by atoms with van der Waals surface area (Å²) in [5.41, 5.74) is 0. The minimum atomic E-state index is -0.274. The fourth-order valence-corrected chi connectivity index (χ4v) is 1.01. The van der Waals surface area contributed by atoms with Crippen molar-refractivity contribution in [2.24, 2.45) is 0 Å². The van der Waals surface area contributed by atoms with Crippen molar-refractivity contribution in [2.45, 2.75) is 45.4 Å². The van der Waals surface area contributed by atoms with Gasteiger partial charge in [-0.15, -0.1) is 0 Å². The van der Waals surface area contributed by atoms with E-state index in [0.29, 0.717) is 6.42 Å². The molecular formula is C10H22O4. The van der Waals surface area contributed by atoms with Crippen molar-refractivity contribution in [3.05, 3.63) is 0 Å². The van der Waals surface area contributed by atoms with Crippen LogP contribution in [0.25, 0.3) is 0 Å². The summed E-state index contributed by atoms with van der Waals surface area (Å²) < 4.78 is 20.9. The summed E-state index contributed by atoms with van der Waals surface area (Å²) in [6.45, 7) is 4.09. The summed E-state index contributed by atoms with van der Waals surface area (Å²) in [6.07, 6.45) is 1.19. The van der Waals surface area contributed by atoms with Gasteiger partial charge in [0.1, 0.15) is 0 Å². The Morgan fingerprint density at radius 1 is 0.929 bits per heavy atom. The molecule has 4 heteroatoms. The number of methoxy groups -OCH3 is 3. The zero-order valence-corrected chi connectivity index (χ0v) is 9.78. The lowest BCUT2D eigenvalue weighted by Gasteiger charge is -2.23. The minimum Gasteiger partial charge on any atom is -0.356 e. The van der Waals surface area contributed by atoms with Gasteiger partial charge in [-0.2, -0.15) is 0 Å². The maximum Gasteiger partial charge on any atom is 0.162 e. The Bertz CT molecular complexity index is 125. The minimum absolute atomic E-state index is 0.189. The van der Waals surface area contributed by atoms with Crippen LogP contribution < -0.4 is 0 Å². The molecule has 86 valence electrons. The van der Waals surface area contributed by atoms with Crippen LogP contribution in [0.1, 0.15) is 26.7 Å². The summed E-state index contributed by atoms with van der Waals surface area (Å²) in [5, 5.41) is 0. The van der Waals surface area contributed by atoms with Crippen LogP contribution in [-0.4, -0.2) is 40.0 Å². The van der Waals surface area contributed by atoms with Crippen molar-refractivity contribution in [1.82, 2.24) is 0 Å². The Balaban J connectivity index is 3.88. The molecule has 2 atom stereocenters. The molecule has 0 radical (unpaired) electrons. The van der Waals surface area contributed by atoms with Gasteiger partial charge in [0.2, 0.25) is 0 Å². The van der Waals surface area contributed by atoms with Gasteiger partial charge < -0.3 is 18.9 Å². The summed E-state index contributed by atoms with van der Waals surface area (Å²) in [4.78, 5) is 0. The molecular weight excluding hydrogens is 184 g/mol. The maximum atomic E-state index is 5.60. The summed E-state index contributed by atoms with van der Waals surface area (Å²) in [6, 6.07) is 0. The molecule has 0 spiro atoms. The number of hydrogen-bond acceptors (Lipinski definition) is 4. The molecule has 0 aromatic carbocycles. The third kappa shape index (κ3) is 5.54. The van der Waals surface area contributed by atoms with E-state index >= 15 is 0 Å². The van der Waals surface area contributed by atoms with E-state index in [4.69, 9.17) is 18.9 Å². The van der Waals surface area contributed by atoms with Gasteiger partial charge in [-0.05, 0) is 13.3 Å².